The number of amides is 1. The van der Waals surface area contributed by atoms with Crippen LogP contribution in [0.3, 0.4) is 0 Å². The third-order valence-electron chi connectivity index (χ3n) is 5.06. The van der Waals surface area contributed by atoms with E-state index in [1.54, 1.807) is 24.4 Å². The number of carbonyl (C=O) groups is 1. The van der Waals surface area contributed by atoms with Crippen LogP contribution in [-0.2, 0) is 18.4 Å². The fraction of sp³-hybridized carbons (Fsp3) is 0.217. The molecular formula is C23H23N5O2S. The summed E-state index contributed by atoms with van der Waals surface area (Å²) in [6.07, 6.45) is 3.44. The highest BCUT2D eigenvalue weighted by Crippen LogP contribution is 2.24. The summed E-state index contributed by atoms with van der Waals surface area (Å²) in [6.45, 7) is 0.544. The lowest BCUT2D eigenvalue weighted by molar-refractivity contribution is -0.127. The molecule has 0 aliphatic heterocycles. The van der Waals surface area contributed by atoms with Gasteiger partial charge in [-0.1, -0.05) is 30.0 Å². The van der Waals surface area contributed by atoms with Crippen molar-refractivity contribution in [3.05, 3.63) is 66.5 Å². The minimum atomic E-state index is 0.0355. The van der Waals surface area contributed by atoms with Crippen LogP contribution in [0.15, 0.2) is 66.1 Å². The molecule has 31 heavy (non-hydrogen) atoms. The lowest BCUT2D eigenvalue weighted by Crippen LogP contribution is -2.27. The molecule has 0 aliphatic carbocycles. The molecule has 7 nitrogen and oxygen atoms in total. The van der Waals surface area contributed by atoms with Gasteiger partial charge in [0, 0.05) is 38.6 Å². The van der Waals surface area contributed by atoms with Gasteiger partial charge < -0.3 is 14.2 Å². The summed E-state index contributed by atoms with van der Waals surface area (Å²) in [5.74, 6) is 1.91. The number of rotatable bonds is 7. The zero-order chi connectivity index (χ0) is 21.8. The van der Waals surface area contributed by atoms with E-state index in [1.165, 1.54) is 11.8 Å². The molecule has 8 heteroatoms. The maximum absolute atomic E-state index is 12.7. The highest BCUT2D eigenvalue weighted by Gasteiger charge is 2.15. The van der Waals surface area contributed by atoms with Gasteiger partial charge >= 0.3 is 0 Å². The molecule has 158 valence electrons. The van der Waals surface area contributed by atoms with Crippen LogP contribution in [-0.4, -0.2) is 50.5 Å². The van der Waals surface area contributed by atoms with Crippen LogP contribution in [0.2, 0.25) is 0 Å². The number of ether oxygens (including phenoxy) is 1. The van der Waals surface area contributed by atoms with Crippen molar-refractivity contribution < 1.29 is 9.53 Å². The van der Waals surface area contributed by atoms with Gasteiger partial charge in [-0.3, -0.25) is 9.78 Å². The summed E-state index contributed by atoms with van der Waals surface area (Å²) in [5.41, 5.74) is 2.02. The highest BCUT2D eigenvalue weighted by molar-refractivity contribution is 7.99. The molecule has 4 rings (SSSR count). The lowest BCUT2D eigenvalue weighted by atomic mass is 10.1. The van der Waals surface area contributed by atoms with Crippen molar-refractivity contribution in [2.45, 2.75) is 11.7 Å². The molecule has 2 aromatic heterocycles. The zero-order valence-electron chi connectivity index (χ0n) is 17.6. The molecule has 0 fully saturated rings. The molecule has 0 unspecified atom stereocenters. The van der Waals surface area contributed by atoms with E-state index < -0.39 is 0 Å². The Balaban J connectivity index is 1.38. The molecule has 0 spiro atoms. The summed E-state index contributed by atoms with van der Waals surface area (Å²) in [5, 5.41) is 11.4. The summed E-state index contributed by atoms with van der Waals surface area (Å²) >= 11 is 1.38. The second-order valence-corrected chi connectivity index (χ2v) is 8.13. The van der Waals surface area contributed by atoms with Gasteiger partial charge in [0.1, 0.15) is 5.75 Å². The van der Waals surface area contributed by atoms with Crippen molar-refractivity contribution in [3.8, 4) is 17.1 Å². The van der Waals surface area contributed by atoms with Gasteiger partial charge in [-0.2, -0.15) is 0 Å². The van der Waals surface area contributed by atoms with Crippen LogP contribution >= 0.6 is 11.8 Å². The number of benzene rings is 2. The average molecular weight is 434 g/mol. The van der Waals surface area contributed by atoms with E-state index in [0.717, 1.165) is 33.5 Å². The van der Waals surface area contributed by atoms with Crippen LogP contribution in [0, 0.1) is 0 Å². The summed E-state index contributed by atoms with van der Waals surface area (Å²) in [6, 6.07) is 16.0. The normalized spacial score (nSPS) is 10.9. The zero-order valence-corrected chi connectivity index (χ0v) is 18.5. The largest absolute Gasteiger partial charge is 0.497 e. The Kier molecular flexibility index (Phi) is 6.18. The van der Waals surface area contributed by atoms with Crippen molar-refractivity contribution in [1.29, 1.82) is 0 Å². The number of hydrogen-bond donors (Lipinski definition) is 0. The monoisotopic (exact) mass is 433 g/mol. The average Bonchev–Trinajstić information content (AvgIpc) is 3.17. The summed E-state index contributed by atoms with van der Waals surface area (Å²) in [4.78, 5) is 18.4. The molecule has 2 heterocycles. The van der Waals surface area contributed by atoms with Gasteiger partial charge in [0.25, 0.3) is 0 Å². The molecular weight excluding hydrogens is 410 g/mol. The van der Waals surface area contributed by atoms with Crippen molar-refractivity contribution in [3.63, 3.8) is 0 Å². The first-order valence-corrected chi connectivity index (χ1v) is 10.8. The Hall–Kier alpha value is -3.39. The van der Waals surface area contributed by atoms with Gasteiger partial charge in [0.15, 0.2) is 11.0 Å². The predicted octanol–water partition coefficient (Wildman–Crippen LogP) is 3.79. The molecule has 0 N–H and O–H groups in total. The van der Waals surface area contributed by atoms with Gasteiger partial charge in [0.2, 0.25) is 5.91 Å². The van der Waals surface area contributed by atoms with E-state index in [4.69, 9.17) is 4.74 Å². The number of pyridine rings is 1. The fourth-order valence-corrected chi connectivity index (χ4v) is 4.14. The number of aromatic nitrogens is 4. The highest BCUT2D eigenvalue weighted by atomic mass is 32.2. The number of methoxy groups -OCH3 is 1. The molecule has 0 saturated heterocycles. The maximum Gasteiger partial charge on any atom is 0.233 e. The van der Waals surface area contributed by atoms with Crippen molar-refractivity contribution in [2.75, 3.05) is 19.9 Å². The third kappa shape index (κ3) is 4.69. The Morgan fingerprint density at radius 2 is 1.81 bits per heavy atom. The lowest BCUT2D eigenvalue weighted by Gasteiger charge is -2.17. The van der Waals surface area contributed by atoms with Crippen LogP contribution < -0.4 is 4.74 Å². The van der Waals surface area contributed by atoms with Crippen LogP contribution in [0.1, 0.15) is 5.56 Å². The number of thioether (sulfide) groups is 1. The summed E-state index contributed by atoms with van der Waals surface area (Å²) in [7, 11) is 5.38. The maximum atomic E-state index is 12.7. The van der Waals surface area contributed by atoms with Gasteiger partial charge in [-0.25, -0.2) is 0 Å². The van der Waals surface area contributed by atoms with E-state index in [0.29, 0.717) is 17.5 Å². The van der Waals surface area contributed by atoms with Crippen LogP contribution in [0.25, 0.3) is 22.2 Å². The number of nitrogens with zero attached hydrogens (tertiary/aromatic N) is 5. The van der Waals surface area contributed by atoms with Crippen molar-refractivity contribution >= 4 is 28.4 Å². The van der Waals surface area contributed by atoms with Gasteiger partial charge in [0.05, 0.1) is 12.9 Å². The number of carbonyl (C=O) groups excluding carboxylic acids is 1. The van der Waals surface area contributed by atoms with E-state index >= 15 is 0 Å². The molecule has 0 atom stereocenters. The Bertz CT molecular complexity index is 1210. The predicted molar refractivity (Wildman–Crippen MR) is 122 cm³/mol. The Morgan fingerprint density at radius 1 is 1.06 bits per heavy atom. The first kappa shape index (κ1) is 20.9. The molecule has 2 aromatic carbocycles. The standard InChI is InChI=1S/C23H23N5O2S/c1-27(14-16-4-5-19-13-20(30-3)7-6-18(19)12-16)21(29)15-31-23-26-25-22(28(23)2)17-8-10-24-11-9-17/h4-13H,14-15H2,1-3H3. The third-order valence-corrected chi connectivity index (χ3v) is 6.06. The minimum Gasteiger partial charge on any atom is -0.497 e. The topological polar surface area (TPSA) is 73.1 Å². The quantitative estimate of drug-likeness (QED) is 0.413. The van der Waals surface area contributed by atoms with E-state index in [2.05, 4.69) is 27.3 Å². The van der Waals surface area contributed by atoms with E-state index in [9.17, 15) is 4.79 Å². The Morgan fingerprint density at radius 3 is 2.58 bits per heavy atom. The Labute approximate surface area is 185 Å². The van der Waals surface area contributed by atoms with Crippen LogP contribution in [0.4, 0.5) is 0 Å². The van der Waals surface area contributed by atoms with Crippen molar-refractivity contribution in [2.24, 2.45) is 7.05 Å². The smallest absolute Gasteiger partial charge is 0.233 e. The second kappa shape index (κ2) is 9.18. The molecule has 0 saturated carbocycles. The first-order chi connectivity index (χ1) is 15.0. The van der Waals surface area contributed by atoms with E-state index in [-0.39, 0.29) is 5.91 Å². The molecule has 0 radical (unpaired) electrons. The second-order valence-electron chi connectivity index (χ2n) is 7.19. The summed E-state index contributed by atoms with van der Waals surface area (Å²) < 4.78 is 7.17. The fourth-order valence-electron chi connectivity index (χ4n) is 3.29. The SMILES string of the molecule is COc1ccc2cc(CN(C)C(=O)CSc3nnc(-c4ccncc4)n3C)ccc2c1. The molecule has 4 aromatic rings. The molecule has 1 amide bonds. The first-order valence-electron chi connectivity index (χ1n) is 9.78. The van der Waals surface area contributed by atoms with E-state index in [1.807, 2.05) is 55.1 Å². The van der Waals surface area contributed by atoms with Crippen LogP contribution in [0.5, 0.6) is 5.75 Å². The number of hydrogen-bond acceptors (Lipinski definition) is 6. The molecule has 0 aliphatic rings. The molecule has 0 bridgehead atoms. The van der Waals surface area contributed by atoms with Gasteiger partial charge in [-0.05, 0) is 46.7 Å². The van der Waals surface area contributed by atoms with Crippen molar-refractivity contribution in [1.82, 2.24) is 24.6 Å². The van der Waals surface area contributed by atoms with Gasteiger partial charge in [-0.15, -0.1) is 10.2 Å². The number of fused-ring (bicyclic) bond motifs is 1. The minimum absolute atomic E-state index is 0.0355.